The average molecular weight is 391 g/mol. The Kier molecular flexibility index (Phi) is 5.61. The predicted octanol–water partition coefficient (Wildman–Crippen LogP) is 3.12. The molecule has 27 heavy (non-hydrogen) atoms. The number of aromatic nitrogens is 2. The summed E-state index contributed by atoms with van der Waals surface area (Å²) in [7, 11) is 1.64. The van der Waals surface area contributed by atoms with Crippen LogP contribution in [0.25, 0.3) is 0 Å². The van der Waals surface area contributed by atoms with Gasteiger partial charge in [0.05, 0.1) is 20.3 Å². The number of hydrogen-bond acceptors (Lipinski definition) is 7. The summed E-state index contributed by atoms with van der Waals surface area (Å²) in [6.07, 6.45) is 3.91. The van der Waals surface area contributed by atoms with E-state index in [1.807, 2.05) is 18.2 Å². The van der Waals surface area contributed by atoms with Gasteiger partial charge < -0.3 is 19.5 Å². The van der Waals surface area contributed by atoms with Gasteiger partial charge in [0.2, 0.25) is 5.95 Å². The summed E-state index contributed by atoms with van der Waals surface area (Å²) < 4.78 is 17.1. The van der Waals surface area contributed by atoms with Crippen molar-refractivity contribution in [2.75, 3.05) is 38.7 Å². The first-order valence-corrected chi connectivity index (χ1v) is 9.51. The van der Waals surface area contributed by atoms with Crippen molar-refractivity contribution in [1.29, 1.82) is 0 Å². The highest BCUT2D eigenvalue weighted by atomic mass is 35.5. The van der Waals surface area contributed by atoms with E-state index in [1.165, 1.54) is 0 Å². The van der Waals surface area contributed by atoms with Gasteiger partial charge in [0.25, 0.3) is 0 Å². The van der Waals surface area contributed by atoms with Crippen LogP contribution in [-0.4, -0.2) is 60.4 Å². The Hall–Kier alpha value is -2.09. The Balaban J connectivity index is 1.36. The van der Waals surface area contributed by atoms with Crippen molar-refractivity contribution >= 4 is 23.2 Å². The number of ether oxygens (including phenoxy) is 3. The van der Waals surface area contributed by atoms with Gasteiger partial charge in [-0.05, 0) is 18.2 Å². The van der Waals surface area contributed by atoms with Crippen molar-refractivity contribution in [1.82, 2.24) is 14.9 Å². The van der Waals surface area contributed by atoms with E-state index in [4.69, 9.17) is 25.8 Å². The highest BCUT2D eigenvalue weighted by Gasteiger charge is 2.36. The lowest BCUT2D eigenvalue weighted by Gasteiger charge is -2.44. The minimum atomic E-state index is 0.224. The molecule has 2 fully saturated rings. The Morgan fingerprint density at radius 2 is 2.00 bits per heavy atom. The minimum absolute atomic E-state index is 0.224. The maximum atomic E-state index is 6.15. The number of anilines is 2. The van der Waals surface area contributed by atoms with Crippen LogP contribution in [0.3, 0.4) is 0 Å². The van der Waals surface area contributed by atoms with Crippen molar-refractivity contribution in [3.63, 3.8) is 0 Å². The van der Waals surface area contributed by atoms with Crippen LogP contribution in [0.1, 0.15) is 12.8 Å². The zero-order valence-electron chi connectivity index (χ0n) is 15.2. The number of rotatable bonds is 6. The zero-order chi connectivity index (χ0) is 18.6. The molecule has 7 nitrogen and oxygen atoms in total. The second-order valence-electron chi connectivity index (χ2n) is 6.71. The zero-order valence-corrected chi connectivity index (χ0v) is 16.0. The molecular formula is C19H23ClN4O3. The fraction of sp³-hybridized carbons (Fsp3) is 0.474. The van der Waals surface area contributed by atoms with Crippen LogP contribution in [0.15, 0.2) is 30.5 Å². The van der Waals surface area contributed by atoms with Crippen LogP contribution >= 0.6 is 11.6 Å². The van der Waals surface area contributed by atoms with Crippen molar-refractivity contribution in [2.45, 2.75) is 25.0 Å². The predicted molar refractivity (Wildman–Crippen MR) is 103 cm³/mol. The molecule has 1 aliphatic carbocycles. The summed E-state index contributed by atoms with van der Waals surface area (Å²) in [6, 6.07) is 7.93. The quantitative estimate of drug-likeness (QED) is 0.760. The normalized spacial score (nSPS) is 22.7. The summed E-state index contributed by atoms with van der Waals surface area (Å²) >= 11 is 5.90. The molecule has 2 heterocycles. The van der Waals surface area contributed by atoms with Gasteiger partial charge in [-0.3, -0.25) is 4.90 Å². The fourth-order valence-electron chi connectivity index (χ4n) is 3.42. The van der Waals surface area contributed by atoms with Crippen LogP contribution in [0.5, 0.6) is 11.5 Å². The summed E-state index contributed by atoms with van der Waals surface area (Å²) in [5.74, 6) is 1.86. The summed E-state index contributed by atoms with van der Waals surface area (Å²) in [6.45, 7) is 3.71. The summed E-state index contributed by atoms with van der Waals surface area (Å²) in [4.78, 5) is 10.8. The van der Waals surface area contributed by atoms with Crippen LogP contribution < -0.4 is 14.8 Å². The van der Waals surface area contributed by atoms with Gasteiger partial charge in [0, 0.05) is 49.9 Å². The molecule has 0 amide bonds. The Morgan fingerprint density at radius 3 is 2.74 bits per heavy atom. The molecule has 1 aromatic carbocycles. The van der Waals surface area contributed by atoms with Gasteiger partial charge in [-0.25, -0.2) is 9.97 Å². The van der Waals surface area contributed by atoms with Crippen molar-refractivity contribution < 1.29 is 14.2 Å². The minimum Gasteiger partial charge on any atom is -0.493 e. The number of nitrogens with zero attached hydrogens (tertiary/aromatic N) is 3. The molecule has 0 spiro atoms. The number of morpholine rings is 1. The smallest absolute Gasteiger partial charge is 0.228 e. The van der Waals surface area contributed by atoms with Crippen LogP contribution in [0, 0.1) is 0 Å². The van der Waals surface area contributed by atoms with Gasteiger partial charge in [0.1, 0.15) is 11.3 Å². The van der Waals surface area contributed by atoms with Crippen molar-refractivity contribution in [3.05, 3.63) is 35.6 Å². The molecule has 2 aromatic rings. The number of methoxy groups -OCH3 is 1. The van der Waals surface area contributed by atoms with Crippen LogP contribution in [0.2, 0.25) is 5.15 Å². The lowest BCUT2D eigenvalue weighted by atomic mass is 9.87. The molecule has 8 heteroatoms. The van der Waals surface area contributed by atoms with Gasteiger partial charge in [0.15, 0.2) is 11.5 Å². The molecule has 4 rings (SSSR count). The maximum absolute atomic E-state index is 6.15. The molecule has 0 unspecified atom stereocenters. The SMILES string of the molecule is COc1cc(Nc2nccc(Cl)n2)ccc1OC1CC(N2CCOCC2)C1. The Morgan fingerprint density at radius 1 is 1.19 bits per heavy atom. The van der Waals surface area contributed by atoms with Gasteiger partial charge in [-0.2, -0.15) is 0 Å². The van der Waals surface area contributed by atoms with E-state index in [0.29, 0.717) is 22.9 Å². The molecule has 1 saturated carbocycles. The average Bonchev–Trinajstić information content (AvgIpc) is 2.66. The highest BCUT2D eigenvalue weighted by molar-refractivity contribution is 6.29. The molecule has 0 atom stereocenters. The molecule has 144 valence electrons. The maximum Gasteiger partial charge on any atom is 0.228 e. The number of hydrogen-bond donors (Lipinski definition) is 1. The molecule has 1 aliphatic heterocycles. The lowest BCUT2D eigenvalue weighted by molar-refractivity contribution is -0.0378. The standard InChI is InChI=1S/C19H23ClN4O3/c1-25-17-10-13(22-19-21-5-4-18(20)23-19)2-3-16(17)27-15-11-14(12-15)24-6-8-26-9-7-24/h2-5,10,14-15H,6-9,11-12H2,1H3,(H,21,22,23). The van der Waals surface area contributed by atoms with E-state index in [0.717, 1.165) is 50.6 Å². The fourth-order valence-corrected chi connectivity index (χ4v) is 3.56. The van der Waals surface area contributed by atoms with Crippen molar-refractivity contribution in [3.8, 4) is 11.5 Å². The summed E-state index contributed by atoms with van der Waals surface area (Å²) in [5, 5.41) is 3.51. The molecule has 1 N–H and O–H groups in total. The largest absolute Gasteiger partial charge is 0.493 e. The second kappa shape index (κ2) is 8.29. The third kappa shape index (κ3) is 4.43. The third-order valence-corrected chi connectivity index (χ3v) is 5.18. The van der Waals surface area contributed by atoms with Crippen LogP contribution in [-0.2, 0) is 4.74 Å². The number of nitrogens with one attached hydrogen (secondary N) is 1. The van der Waals surface area contributed by atoms with Crippen LogP contribution in [0.4, 0.5) is 11.6 Å². The lowest BCUT2D eigenvalue weighted by Crippen LogP contribution is -2.52. The molecule has 1 saturated heterocycles. The van der Waals surface area contributed by atoms with E-state index in [9.17, 15) is 0 Å². The van der Waals surface area contributed by atoms with E-state index in [-0.39, 0.29) is 6.10 Å². The first-order chi connectivity index (χ1) is 13.2. The molecule has 0 bridgehead atoms. The van der Waals surface area contributed by atoms with E-state index < -0.39 is 0 Å². The second-order valence-corrected chi connectivity index (χ2v) is 7.09. The first-order valence-electron chi connectivity index (χ1n) is 9.13. The van der Waals surface area contributed by atoms with Gasteiger partial charge in [-0.1, -0.05) is 11.6 Å². The van der Waals surface area contributed by atoms with Gasteiger partial charge in [-0.15, -0.1) is 0 Å². The topological polar surface area (TPSA) is 68.7 Å². The highest BCUT2D eigenvalue weighted by Crippen LogP contribution is 2.36. The molecule has 1 aromatic heterocycles. The first kappa shape index (κ1) is 18.3. The molecule has 0 radical (unpaired) electrons. The number of halogens is 1. The monoisotopic (exact) mass is 390 g/mol. The molecular weight excluding hydrogens is 368 g/mol. The third-order valence-electron chi connectivity index (χ3n) is 4.97. The number of benzene rings is 1. The Labute approximate surface area is 163 Å². The summed E-state index contributed by atoms with van der Waals surface area (Å²) in [5.41, 5.74) is 0.807. The van der Waals surface area contributed by atoms with Gasteiger partial charge >= 0.3 is 0 Å². The Bertz CT molecular complexity index is 779. The van der Waals surface area contributed by atoms with Crippen molar-refractivity contribution in [2.24, 2.45) is 0 Å². The molecule has 2 aliphatic rings. The van der Waals surface area contributed by atoms with E-state index >= 15 is 0 Å². The van der Waals surface area contributed by atoms with E-state index in [2.05, 4.69) is 20.2 Å². The van der Waals surface area contributed by atoms with E-state index in [1.54, 1.807) is 19.4 Å².